The lowest BCUT2D eigenvalue weighted by atomic mass is 10.2. The van der Waals surface area contributed by atoms with Crippen LogP contribution in [0.5, 0.6) is 0 Å². The van der Waals surface area contributed by atoms with Crippen LogP contribution in [0.1, 0.15) is 0 Å². The van der Waals surface area contributed by atoms with Crippen molar-refractivity contribution in [2.45, 2.75) is 6.10 Å². The molecule has 1 atom stereocenters. The third-order valence-electron chi connectivity index (χ3n) is 4.57. The molecule has 0 aliphatic carbocycles. The van der Waals surface area contributed by atoms with Gasteiger partial charge in [0.25, 0.3) is 0 Å². The van der Waals surface area contributed by atoms with Gasteiger partial charge in [0.15, 0.2) is 0 Å². The molecule has 1 N–H and O–H groups in total. The molecule has 1 aliphatic heterocycles. The van der Waals surface area contributed by atoms with Crippen LogP contribution in [0.25, 0.3) is 5.65 Å². The number of aliphatic hydroxyl groups excluding tert-OH is 1. The minimum Gasteiger partial charge on any atom is -0.390 e. The molecule has 1 aliphatic rings. The zero-order valence-electron chi connectivity index (χ0n) is 14.6. The number of likely N-dealkylation sites (N-methyl/N-ethyl adjacent to an activating group) is 2. The normalized spacial score (nSPS) is 17.7. The molecule has 2 aromatic heterocycles. The average molecular weight is 348 g/mol. The van der Waals surface area contributed by atoms with Gasteiger partial charge >= 0.3 is 5.82 Å². The molecular weight excluding hydrogens is 324 g/mol. The van der Waals surface area contributed by atoms with Crippen molar-refractivity contribution in [3.8, 4) is 0 Å². The van der Waals surface area contributed by atoms with Gasteiger partial charge in [0.1, 0.15) is 0 Å². The summed E-state index contributed by atoms with van der Waals surface area (Å²) in [5.74, 6) is 0.193. The zero-order valence-corrected chi connectivity index (χ0v) is 14.6. The Morgan fingerprint density at radius 2 is 2.08 bits per heavy atom. The molecule has 0 bridgehead atoms. The van der Waals surface area contributed by atoms with Gasteiger partial charge in [0.05, 0.1) is 12.3 Å². The third-order valence-corrected chi connectivity index (χ3v) is 4.57. The van der Waals surface area contributed by atoms with Crippen LogP contribution in [-0.4, -0.2) is 88.7 Å². The quantitative estimate of drug-likeness (QED) is 0.592. The minimum atomic E-state index is -0.599. The Labute approximate surface area is 146 Å². The monoisotopic (exact) mass is 348 g/mol. The van der Waals surface area contributed by atoms with Gasteiger partial charge in [0, 0.05) is 52.4 Å². The summed E-state index contributed by atoms with van der Waals surface area (Å²) in [6.07, 6.45) is 1.02. The average Bonchev–Trinajstić information content (AvgIpc) is 2.96. The molecule has 136 valence electrons. The van der Waals surface area contributed by atoms with E-state index in [0.29, 0.717) is 12.2 Å². The van der Waals surface area contributed by atoms with Gasteiger partial charge in [-0.05, 0) is 18.0 Å². The Morgan fingerprint density at radius 1 is 1.36 bits per heavy atom. The van der Waals surface area contributed by atoms with E-state index in [4.69, 9.17) is 0 Å². The highest BCUT2D eigenvalue weighted by atomic mass is 16.6. The van der Waals surface area contributed by atoms with Crippen molar-refractivity contribution < 1.29 is 10.0 Å². The molecule has 25 heavy (non-hydrogen) atoms. The number of β-amino-alcohol motifs (C(OH)–C–C–N with tert-alkyl or cyclic N) is 1. The van der Waals surface area contributed by atoms with Crippen LogP contribution in [-0.2, 0) is 0 Å². The number of nitrogens with zero attached hydrogens (tertiary/aromatic N) is 6. The van der Waals surface area contributed by atoms with Gasteiger partial charge in [-0.1, -0.05) is 6.07 Å². The highest BCUT2D eigenvalue weighted by molar-refractivity contribution is 5.63. The van der Waals surface area contributed by atoms with E-state index in [1.54, 1.807) is 36.3 Å². The number of anilines is 1. The fourth-order valence-corrected chi connectivity index (χ4v) is 3.19. The van der Waals surface area contributed by atoms with Crippen molar-refractivity contribution in [1.29, 1.82) is 0 Å². The Kier molecular flexibility index (Phi) is 5.16. The second kappa shape index (κ2) is 7.34. The van der Waals surface area contributed by atoms with E-state index in [0.717, 1.165) is 26.2 Å². The first-order chi connectivity index (χ1) is 12.0. The second-order valence-corrected chi connectivity index (χ2v) is 6.58. The molecule has 0 saturated carbocycles. The number of imidazole rings is 1. The van der Waals surface area contributed by atoms with Gasteiger partial charge < -0.3 is 25.0 Å². The number of fused-ring (bicyclic) bond motifs is 1. The van der Waals surface area contributed by atoms with E-state index in [1.165, 1.54) is 4.40 Å². The molecule has 0 aromatic carbocycles. The van der Waals surface area contributed by atoms with Crippen molar-refractivity contribution in [1.82, 2.24) is 19.2 Å². The molecule has 9 nitrogen and oxygen atoms in total. The van der Waals surface area contributed by atoms with Gasteiger partial charge in [-0.2, -0.15) is 9.38 Å². The third kappa shape index (κ3) is 3.89. The Morgan fingerprint density at radius 3 is 2.76 bits per heavy atom. The Hall–Kier alpha value is -2.23. The lowest BCUT2D eigenvalue weighted by molar-refractivity contribution is -0.389. The van der Waals surface area contributed by atoms with Crippen LogP contribution in [0.3, 0.4) is 0 Å². The van der Waals surface area contributed by atoms with Crippen LogP contribution in [0.2, 0.25) is 0 Å². The maximum atomic E-state index is 11.5. The van der Waals surface area contributed by atoms with E-state index in [1.807, 2.05) is 0 Å². The van der Waals surface area contributed by atoms with Crippen LogP contribution in [0.15, 0.2) is 24.4 Å². The van der Waals surface area contributed by atoms with E-state index in [-0.39, 0.29) is 18.2 Å². The van der Waals surface area contributed by atoms with Gasteiger partial charge in [-0.15, -0.1) is 0 Å². The smallest absolute Gasteiger partial charge is 0.372 e. The molecule has 3 rings (SSSR count). The van der Waals surface area contributed by atoms with Gasteiger partial charge in [-0.3, -0.25) is 4.90 Å². The van der Waals surface area contributed by atoms with Crippen LogP contribution >= 0.6 is 0 Å². The molecule has 0 spiro atoms. The first-order valence-corrected chi connectivity index (χ1v) is 8.37. The number of hydrogen-bond donors (Lipinski definition) is 1. The summed E-state index contributed by atoms with van der Waals surface area (Å²) in [4.78, 5) is 21.5. The second-order valence-electron chi connectivity index (χ2n) is 6.58. The van der Waals surface area contributed by atoms with Crippen LogP contribution in [0, 0.1) is 10.1 Å². The van der Waals surface area contributed by atoms with Gasteiger partial charge in [0.2, 0.25) is 11.5 Å². The number of aromatic nitrogens is 2. The number of piperazine rings is 1. The fraction of sp³-hybridized carbons (Fsp3) is 0.562. The predicted molar refractivity (Wildman–Crippen MR) is 95.1 cm³/mol. The molecule has 9 heteroatoms. The lowest BCUT2D eigenvalue weighted by Gasteiger charge is -2.34. The van der Waals surface area contributed by atoms with Crippen LogP contribution < -0.4 is 4.90 Å². The van der Waals surface area contributed by atoms with E-state index >= 15 is 0 Å². The van der Waals surface area contributed by atoms with Crippen molar-refractivity contribution >= 4 is 17.3 Å². The summed E-state index contributed by atoms with van der Waals surface area (Å²) in [5, 5.41) is 21.9. The van der Waals surface area contributed by atoms with Crippen LogP contribution in [0.4, 0.5) is 11.6 Å². The molecule has 1 fully saturated rings. The maximum absolute atomic E-state index is 11.5. The number of hydrogen-bond acceptors (Lipinski definition) is 7. The summed E-state index contributed by atoms with van der Waals surface area (Å²) >= 11 is 0. The fourth-order valence-electron chi connectivity index (χ4n) is 3.19. The maximum Gasteiger partial charge on any atom is 0.372 e. The first-order valence-electron chi connectivity index (χ1n) is 8.37. The van der Waals surface area contributed by atoms with Gasteiger partial charge in [-0.25, -0.2) is 0 Å². The standard InChI is InChI=1S/C16H24N6O3/c1-18-7-9-20(10-8-18)12-13(23)11-19(2)15-16(22(24)25)21-6-4-3-5-14(21)17-15/h3-6,13,23H,7-12H2,1-2H3/t13-/m1/s1. The number of rotatable bonds is 6. The molecule has 0 unspecified atom stereocenters. The van der Waals surface area contributed by atoms with Crippen molar-refractivity contribution in [3.63, 3.8) is 0 Å². The Balaban J connectivity index is 1.70. The summed E-state index contributed by atoms with van der Waals surface area (Å²) in [5.41, 5.74) is 0.518. The molecule has 0 amide bonds. The number of nitro groups is 1. The van der Waals surface area contributed by atoms with Crippen molar-refractivity contribution in [3.05, 3.63) is 34.5 Å². The summed E-state index contributed by atoms with van der Waals surface area (Å²) < 4.78 is 1.46. The number of pyridine rings is 1. The van der Waals surface area contributed by atoms with E-state index in [9.17, 15) is 15.2 Å². The predicted octanol–water partition coefficient (Wildman–Crippen LogP) is 0.287. The first kappa shape index (κ1) is 17.6. The molecule has 0 radical (unpaired) electrons. The molecule has 3 heterocycles. The highest BCUT2D eigenvalue weighted by Gasteiger charge is 2.27. The SMILES string of the molecule is CN1CCN(C[C@H](O)CN(C)c2nc3ccccn3c2[N+](=O)[O-])CC1. The topological polar surface area (TPSA) is 90.4 Å². The lowest BCUT2D eigenvalue weighted by Crippen LogP contribution is -2.48. The molecular formula is C16H24N6O3. The van der Waals surface area contributed by atoms with Crippen molar-refractivity contribution in [2.24, 2.45) is 0 Å². The molecule has 1 saturated heterocycles. The minimum absolute atomic E-state index is 0.0788. The summed E-state index contributed by atoms with van der Waals surface area (Å²) in [7, 11) is 3.81. The summed E-state index contributed by atoms with van der Waals surface area (Å²) in [6, 6.07) is 5.25. The van der Waals surface area contributed by atoms with Crippen molar-refractivity contribution in [2.75, 3.05) is 58.3 Å². The Bertz CT molecular complexity index is 741. The largest absolute Gasteiger partial charge is 0.390 e. The zero-order chi connectivity index (χ0) is 18.0. The summed E-state index contributed by atoms with van der Waals surface area (Å²) in [6.45, 7) is 4.66. The molecule has 2 aromatic rings. The highest BCUT2D eigenvalue weighted by Crippen LogP contribution is 2.28. The number of aliphatic hydroxyl groups is 1. The van der Waals surface area contributed by atoms with E-state index < -0.39 is 11.0 Å². The van der Waals surface area contributed by atoms with E-state index in [2.05, 4.69) is 21.8 Å².